The Labute approximate surface area is 202 Å². The molecule has 0 radical (unpaired) electrons. The summed E-state index contributed by atoms with van der Waals surface area (Å²) in [6.45, 7) is 8.42. The third-order valence-electron chi connectivity index (χ3n) is 6.85. The first kappa shape index (κ1) is 23.6. The van der Waals surface area contributed by atoms with Crippen LogP contribution in [0.2, 0.25) is 0 Å². The van der Waals surface area contributed by atoms with E-state index in [0.717, 1.165) is 19.3 Å². The summed E-state index contributed by atoms with van der Waals surface area (Å²) in [4.78, 5) is 44.0. The van der Waals surface area contributed by atoms with Gasteiger partial charge < -0.3 is 24.3 Å². The molecular weight excluding hydrogens is 455 g/mol. The Morgan fingerprint density at radius 3 is 2.63 bits per heavy atom. The minimum Gasteiger partial charge on any atom is -0.462 e. The van der Waals surface area contributed by atoms with Crippen LogP contribution in [0.1, 0.15) is 63.4 Å². The number of anilines is 1. The van der Waals surface area contributed by atoms with Crippen molar-refractivity contribution in [3.63, 3.8) is 0 Å². The van der Waals surface area contributed by atoms with Crippen LogP contribution in [0.3, 0.4) is 0 Å². The van der Waals surface area contributed by atoms with Gasteiger partial charge in [-0.2, -0.15) is 0 Å². The summed E-state index contributed by atoms with van der Waals surface area (Å²) >= 11 is 0. The van der Waals surface area contributed by atoms with E-state index in [-0.39, 0.29) is 41.4 Å². The topological polar surface area (TPSA) is 103 Å². The molecule has 10 heteroatoms. The van der Waals surface area contributed by atoms with Crippen molar-refractivity contribution < 1.29 is 23.5 Å². The third-order valence-corrected chi connectivity index (χ3v) is 6.85. The van der Waals surface area contributed by atoms with Crippen molar-refractivity contribution in [2.75, 3.05) is 24.6 Å². The lowest BCUT2D eigenvalue weighted by Gasteiger charge is -2.28. The largest absolute Gasteiger partial charge is 0.462 e. The zero-order valence-electron chi connectivity index (χ0n) is 20.5. The molecule has 1 saturated heterocycles. The number of alkyl carbamates (subject to hydrolysis) is 1. The van der Waals surface area contributed by atoms with Crippen molar-refractivity contribution in [3.05, 3.63) is 33.9 Å². The quantitative estimate of drug-likeness (QED) is 0.646. The molecule has 188 valence electrons. The average molecular weight is 487 g/mol. The number of aromatic nitrogens is 2. The van der Waals surface area contributed by atoms with E-state index in [1.807, 2.05) is 30.2 Å². The van der Waals surface area contributed by atoms with Crippen LogP contribution in [-0.4, -0.2) is 53.0 Å². The highest BCUT2D eigenvalue weighted by Crippen LogP contribution is 2.46. The predicted molar refractivity (Wildman–Crippen MR) is 127 cm³/mol. The molecule has 0 unspecified atom stereocenters. The Bertz CT molecular complexity index is 1250. The van der Waals surface area contributed by atoms with Crippen molar-refractivity contribution in [1.29, 1.82) is 0 Å². The third kappa shape index (κ3) is 4.58. The number of halogens is 1. The summed E-state index contributed by atoms with van der Waals surface area (Å²) in [7, 11) is 0. The standard InChI is InChI=1S/C25H31FN4O5/c1-5-34-23(32)17-12-30(13-6-7-13)21-15(20(17)31)10-18(26)22(28-21)29-9-8-14-16(11-29)19(14)27-24(33)35-25(2,3)4/h10,12-14,16,19H,5-9,11H2,1-4H3,(H,27,33)/t14-,16+,19+/m0/s1. The van der Waals surface area contributed by atoms with Gasteiger partial charge in [0.1, 0.15) is 16.8 Å². The summed E-state index contributed by atoms with van der Waals surface area (Å²) < 4.78 is 27.5. The van der Waals surface area contributed by atoms with Crippen LogP contribution in [0.15, 0.2) is 17.1 Å². The summed E-state index contributed by atoms with van der Waals surface area (Å²) in [6.07, 6.45) is 3.66. The van der Waals surface area contributed by atoms with Crippen LogP contribution in [0.25, 0.3) is 11.0 Å². The molecule has 5 rings (SSSR count). The number of amides is 1. The monoisotopic (exact) mass is 486 g/mol. The molecule has 35 heavy (non-hydrogen) atoms. The molecule has 0 spiro atoms. The van der Waals surface area contributed by atoms with Gasteiger partial charge >= 0.3 is 12.1 Å². The van der Waals surface area contributed by atoms with Gasteiger partial charge in [0, 0.05) is 37.3 Å². The first-order chi connectivity index (χ1) is 16.6. The number of piperidine rings is 1. The van der Waals surface area contributed by atoms with Crippen molar-refractivity contribution in [3.8, 4) is 0 Å². The Morgan fingerprint density at radius 2 is 1.97 bits per heavy atom. The van der Waals surface area contributed by atoms with Gasteiger partial charge in [0.25, 0.3) is 0 Å². The van der Waals surface area contributed by atoms with Gasteiger partial charge in [-0.15, -0.1) is 0 Å². The molecule has 3 aliphatic rings. The van der Waals surface area contributed by atoms with Gasteiger partial charge in [0.05, 0.1) is 12.0 Å². The molecule has 1 N–H and O–H groups in total. The van der Waals surface area contributed by atoms with E-state index >= 15 is 4.39 Å². The number of esters is 1. The van der Waals surface area contributed by atoms with Crippen LogP contribution in [0.4, 0.5) is 15.0 Å². The molecular formula is C25H31FN4O5. The minimum absolute atomic E-state index is 0.00449. The molecule has 2 saturated carbocycles. The Hall–Kier alpha value is -3.17. The molecule has 1 aliphatic heterocycles. The van der Waals surface area contributed by atoms with Crippen LogP contribution in [0.5, 0.6) is 0 Å². The summed E-state index contributed by atoms with van der Waals surface area (Å²) in [5.74, 6) is -0.605. The summed E-state index contributed by atoms with van der Waals surface area (Å²) in [5, 5.41) is 3.02. The average Bonchev–Trinajstić information content (AvgIpc) is 3.70. The highest BCUT2D eigenvalue weighted by Gasteiger charge is 2.54. The molecule has 2 aromatic rings. The zero-order valence-corrected chi connectivity index (χ0v) is 20.5. The van der Waals surface area contributed by atoms with Crippen LogP contribution < -0.4 is 15.6 Å². The Balaban J connectivity index is 1.41. The van der Waals surface area contributed by atoms with Gasteiger partial charge in [-0.3, -0.25) is 4.79 Å². The van der Waals surface area contributed by atoms with E-state index in [2.05, 4.69) is 10.3 Å². The maximum atomic E-state index is 15.3. The number of hydrogen-bond donors (Lipinski definition) is 1. The van der Waals surface area contributed by atoms with Crippen molar-refractivity contribution >= 4 is 28.9 Å². The molecule has 2 aromatic heterocycles. The number of carbonyl (C=O) groups is 2. The zero-order chi connectivity index (χ0) is 25.1. The fourth-order valence-corrected chi connectivity index (χ4v) is 5.03. The highest BCUT2D eigenvalue weighted by molar-refractivity contribution is 5.93. The van der Waals surface area contributed by atoms with E-state index in [9.17, 15) is 14.4 Å². The first-order valence-electron chi connectivity index (χ1n) is 12.2. The maximum Gasteiger partial charge on any atom is 0.407 e. The van der Waals surface area contributed by atoms with E-state index in [0.29, 0.717) is 24.7 Å². The SMILES string of the molecule is CCOC(=O)c1cn(C2CC2)c2nc(N3CC[C@H]4[C@@H](C3)[C@@H]4NC(=O)OC(C)(C)C)c(F)cc2c1=O. The lowest BCUT2D eigenvalue weighted by Crippen LogP contribution is -2.35. The summed E-state index contributed by atoms with van der Waals surface area (Å²) in [6, 6.07) is 1.31. The van der Waals surface area contributed by atoms with Crippen molar-refractivity contribution in [2.24, 2.45) is 11.8 Å². The minimum atomic E-state index is -0.711. The smallest absolute Gasteiger partial charge is 0.407 e. The highest BCUT2D eigenvalue weighted by atomic mass is 19.1. The molecule has 0 bridgehead atoms. The van der Waals surface area contributed by atoms with E-state index in [1.54, 1.807) is 6.92 Å². The first-order valence-corrected chi connectivity index (χ1v) is 12.2. The van der Waals surface area contributed by atoms with E-state index < -0.39 is 28.9 Å². The van der Waals surface area contributed by atoms with Gasteiger partial charge in [0.2, 0.25) is 5.43 Å². The molecule has 9 nitrogen and oxygen atoms in total. The van der Waals surface area contributed by atoms with Gasteiger partial charge in [-0.1, -0.05) is 0 Å². The molecule has 1 amide bonds. The van der Waals surface area contributed by atoms with Gasteiger partial charge in [0.15, 0.2) is 11.6 Å². The van der Waals surface area contributed by atoms with Gasteiger partial charge in [-0.05, 0) is 58.9 Å². The second-order valence-corrected chi connectivity index (χ2v) is 10.6. The molecule has 3 atom stereocenters. The second-order valence-electron chi connectivity index (χ2n) is 10.6. The lowest BCUT2D eigenvalue weighted by atomic mass is 10.1. The second kappa shape index (κ2) is 8.49. The molecule has 3 fully saturated rings. The Kier molecular flexibility index (Phi) is 5.72. The summed E-state index contributed by atoms with van der Waals surface area (Å²) in [5.41, 5.74) is -0.868. The number of ether oxygens (including phenoxy) is 2. The Morgan fingerprint density at radius 1 is 1.23 bits per heavy atom. The number of pyridine rings is 2. The number of hydrogen-bond acceptors (Lipinski definition) is 7. The normalized spacial score (nSPS) is 23.6. The number of nitrogens with one attached hydrogen (secondary N) is 1. The fourth-order valence-electron chi connectivity index (χ4n) is 5.03. The fraction of sp³-hybridized carbons (Fsp3) is 0.600. The molecule has 2 aliphatic carbocycles. The van der Waals surface area contributed by atoms with Crippen LogP contribution in [-0.2, 0) is 9.47 Å². The van der Waals surface area contributed by atoms with Crippen LogP contribution >= 0.6 is 0 Å². The lowest BCUT2D eigenvalue weighted by molar-refractivity contribution is 0.0511. The van der Waals surface area contributed by atoms with E-state index in [4.69, 9.17) is 9.47 Å². The number of carbonyl (C=O) groups excluding carboxylic acids is 2. The number of rotatable bonds is 5. The van der Waals surface area contributed by atoms with E-state index in [1.165, 1.54) is 12.3 Å². The van der Waals surface area contributed by atoms with Crippen molar-refractivity contribution in [1.82, 2.24) is 14.9 Å². The van der Waals surface area contributed by atoms with Crippen LogP contribution in [0, 0.1) is 17.7 Å². The van der Waals surface area contributed by atoms with Crippen molar-refractivity contribution in [2.45, 2.75) is 64.6 Å². The molecule has 3 heterocycles. The number of fused-ring (bicyclic) bond motifs is 2. The maximum absolute atomic E-state index is 15.3. The predicted octanol–water partition coefficient (Wildman–Crippen LogP) is 3.40. The van der Waals surface area contributed by atoms with Gasteiger partial charge in [-0.25, -0.2) is 19.0 Å². The molecule has 0 aromatic carbocycles. The number of nitrogens with zero attached hydrogens (tertiary/aromatic N) is 3.